The van der Waals surface area contributed by atoms with Gasteiger partial charge in [-0.15, -0.1) is 0 Å². The molecule has 1 aromatic heterocycles. The normalized spacial score (nSPS) is 10.2. The Bertz CT molecular complexity index is 575. The molecule has 0 aliphatic heterocycles. The molecule has 2 N–H and O–H groups in total. The number of hydrogen-bond acceptors (Lipinski definition) is 2. The fourth-order valence-electron chi connectivity index (χ4n) is 1.79. The van der Waals surface area contributed by atoms with Crippen LogP contribution in [0.5, 0.6) is 0 Å². The minimum Gasteiger partial charge on any atom is -0.392 e. The second-order valence-electron chi connectivity index (χ2n) is 3.81. The van der Waals surface area contributed by atoms with Gasteiger partial charge >= 0.3 is 0 Å². The van der Waals surface area contributed by atoms with Crippen molar-refractivity contribution in [2.45, 2.75) is 20.5 Å². The number of nitrogens with one attached hydrogen (secondary N) is 1. The van der Waals surface area contributed by atoms with Crippen LogP contribution in [-0.4, -0.2) is 10.1 Å². The van der Waals surface area contributed by atoms with E-state index in [-0.39, 0.29) is 56.1 Å². The van der Waals surface area contributed by atoms with Gasteiger partial charge in [0.25, 0.3) is 0 Å². The Balaban J connectivity index is 0.00000128. The van der Waals surface area contributed by atoms with Gasteiger partial charge in [-0.05, 0) is 25.5 Å². The van der Waals surface area contributed by atoms with Crippen LogP contribution >= 0.6 is 0 Å². The molecular formula is C12H13AcNO2. The van der Waals surface area contributed by atoms with Gasteiger partial charge in [-0.2, -0.15) is 0 Å². The Morgan fingerprint density at radius 1 is 1.31 bits per heavy atom. The van der Waals surface area contributed by atoms with Crippen LogP contribution in [0.1, 0.15) is 16.7 Å². The number of aromatic amines is 1. The molecule has 0 aliphatic rings. The van der Waals surface area contributed by atoms with E-state index in [0.717, 1.165) is 16.6 Å². The summed E-state index contributed by atoms with van der Waals surface area (Å²) in [7, 11) is 0. The average molecular weight is 430 g/mol. The van der Waals surface area contributed by atoms with Crippen molar-refractivity contribution in [1.82, 2.24) is 4.98 Å². The predicted molar refractivity (Wildman–Crippen MR) is 60.0 cm³/mol. The molecule has 0 amide bonds. The standard InChI is InChI=1S/C12H13NO2.Ac/c1-7-3-9(6-14)11-10(4-7)12(15)8(2)5-13-11;/h3-5,14H,6H2,1-2H3,(H,13,15);. The molecular weight excluding hydrogens is 417 g/mol. The molecule has 0 bridgehead atoms. The summed E-state index contributed by atoms with van der Waals surface area (Å²) in [6.45, 7) is 3.64. The molecule has 1 heterocycles. The number of aryl methyl sites for hydroxylation is 2. The van der Waals surface area contributed by atoms with Crippen LogP contribution in [0.2, 0.25) is 0 Å². The maximum absolute atomic E-state index is 11.8. The third-order valence-electron chi connectivity index (χ3n) is 2.57. The molecule has 3 nitrogen and oxygen atoms in total. The maximum Gasteiger partial charge on any atom is 0.192 e. The summed E-state index contributed by atoms with van der Waals surface area (Å²) in [6.07, 6.45) is 1.68. The van der Waals surface area contributed by atoms with Gasteiger partial charge in [0.15, 0.2) is 5.43 Å². The number of aliphatic hydroxyl groups excluding tert-OH is 1. The molecule has 2 aromatic rings. The monoisotopic (exact) mass is 430 g/mol. The number of aromatic nitrogens is 1. The second kappa shape index (κ2) is 5.44. The van der Waals surface area contributed by atoms with Crippen molar-refractivity contribution in [2.24, 2.45) is 0 Å². The van der Waals surface area contributed by atoms with E-state index in [9.17, 15) is 9.90 Å². The van der Waals surface area contributed by atoms with Crippen LogP contribution in [0.4, 0.5) is 0 Å². The van der Waals surface area contributed by atoms with Gasteiger partial charge in [0.05, 0.1) is 12.1 Å². The minimum atomic E-state index is -0.0584. The Kier molecular flexibility index (Phi) is 4.73. The van der Waals surface area contributed by atoms with Crippen molar-refractivity contribution in [3.05, 3.63) is 45.2 Å². The number of hydrogen-bond donors (Lipinski definition) is 2. The number of aliphatic hydroxyl groups is 1. The third kappa shape index (κ3) is 2.40. The van der Waals surface area contributed by atoms with Crippen LogP contribution in [0, 0.1) is 57.9 Å². The van der Waals surface area contributed by atoms with Crippen molar-refractivity contribution in [1.29, 1.82) is 0 Å². The Morgan fingerprint density at radius 2 is 2.00 bits per heavy atom. The molecule has 81 valence electrons. The summed E-state index contributed by atoms with van der Waals surface area (Å²) >= 11 is 0. The summed E-state index contributed by atoms with van der Waals surface area (Å²) in [4.78, 5) is 14.9. The minimum absolute atomic E-state index is 0. The van der Waals surface area contributed by atoms with Crippen molar-refractivity contribution in [3.63, 3.8) is 0 Å². The molecule has 0 unspecified atom stereocenters. The number of rotatable bonds is 1. The average Bonchev–Trinajstić information content (AvgIpc) is 2.23. The van der Waals surface area contributed by atoms with E-state index >= 15 is 0 Å². The van der Waals surface area contributed by atoms with E-state index in [1.165, 1.54) is 0 Å². The Morgan fingerprint density at radius 3 is 2.62 bits per heavy atom. The number of fused-ring (bicyclic) bond motifs is 1. The summed E-state index contributed by atoms with van der Waals surface area (Å²) in [5.74, 6) is 0. The zero-order valence-corrected chi connectivity index (χ0v) is 14.1. The first kappa shape index (κ1) is 13.9. The van der Waals surface area contributed by atoms with Gasteiger partial charge in [-0.1, -0.05) is 6.07 Å². The smallest absolute Gasteiger partial charge is 0.192 e. The van der Waals surface area contributed by atoms with E-state index < -0.39 is 0 Å². The molecule has 1 aromatic carbocycles. The van der Waals surface area contributed by atoms with Gasteiger partial charge in [-0.3, -0.25) is 4.79 Å². The molecule has 0 atom stereocenters. The first-order valence-electron chi connectivity index (χ1n) is 4.86. The number of H-pyrrole nitrogens is 1. The van der Waals surface area contributed by atoms with Crippen molar-refractivity contribution < 1.29 is 49.2 Å². The molecule has 0 spiro atoms. The summed E-state index contributed by atoms with van der Waals surface area (Å²) in [5, 5.41) is 9.85. The quantitative estimate of drug-likeness (QED) is 0.723. The third-order valence-corrected chi connectivity index (χ3v) is 2.57. The van der Waals surface area contributed by atoms with Crippen molar-refractivity contribution in [2.75, 3.05) is 0 Å². The van der Waals surface area contributed by atoms with Gasteiger partial charge in [0, 0.05) is 66.8 Å². The zero-order valence-electron chi connectivity index (χ0n) is 9.37. The zero-order chi connectivity index (χ0) is 11.0. The van der Waals surface area contributed by atoms with E-state index in [0.29, 0.717) is 10.9 Å². The number of benzene rings is 1. The van der Waals surface area contributed by atoms with Gasteiger partial charge in [0.1, 0.15) is 0 Å². The fraction of sp³-hybridized carbons (Fsp3) is 0.250. The maximum atomic E-state index is 11.8. The van der Waals surface area contributed by atoms with Crippen LogP contribution in [0.3, 0.4) is 0 Å². The van der Waals surface area contributed by atoms with Crippen molar-refractivity contribution >= 4 is 10.9 Å². The van der Waals surface area contributed by atoms with Crippen molar-refractivity contribution in [3.8, 4) is 0 Å². The van der Waals surface area contributed by atoms with Crippen LogP contribution < -0.4 is 5.43 Å². The summed E-state index contributed by atoms with van der Waals surface area (Å²) in [5.41, 5.74) is 3.21. The predicted octanol–water partition coefficient (Wildman–Crippen LogP) is 1.64. The van der Waals surface area contributed by atoms with Crippen LogP contribution in [0.15, 0.2) is 23.1 Å². The SMILES string of the molecule is Cc1cc(CO)c2[nH]cc(C)c(=O)c2c1.[Ac]. The Hall–Kier alpha value is -0.168. The topological polar surface area (TPSA) is 53.1 Å². The van der Waals surface area contributed by atoms with E-state index in [2.05, 4.69) is 4.98 Å². The second-order valence-corrected chi connectivity index (χ2v) is 3.81. The summed E-state index contributed by atoms with van der Waals surface area (Å²) in [6, 6.07) is 3.73. The van der Waals surface area contributed by atoms with Gasteiger partial charge in [-0.25, -0.2) is 0 Å². The molecule has 1 radical (unpaired) electrons. The van der Waals surface area contributed by atoms with E-state index in [1.54, 1.807) is 13.1 Å². The molecule has 0 saturated heterocycles. The number of pyridine rings is 1. The molecule has 4 heteroatoms. The molecule has 0 fully saturated rings. The molecule has 16 heavy (non-hydrogen) atoms. The first-order valence-corrected chi connectivity index (χ1v) is 4.86. The molecule has 0 saturated carbocycles. The first-order chi connectivity index (χ1) is 7.13. The van der Waals surface area contributed by atoms with Gasteiger partial charge < -0.3 is 10.1 Å². The largest absolute Gasteiger partial charge is 0.392 e. The van der Waals surface area contributed by atoms with Crippen LogP contribution in [0.25, 0.3) is 10.9 Å². The van der Waals surface area contributed by atoms with Gasteiger partial charge in [0.2, 0.25) is 0 Å². The molecule has 0 aliphatic carbocycles. The van der Waals surface area contributed by atoms with Crippen LogP contribution in [-0.2, 0) is 6.61 Å². The fourth-order valence-corrected chi connectivity index (χ4v) is 1.79. The Labute approximate surface area is 129 Å². The van der Waals surface area contributed by atoms with E-state index in [4.69, 9.17) is 0 Å². The van der Waals surface area contributed by atoms with E-state index in [1.807, 2.05) is 19.1 Å². The molecule has 2 rings (SSSR count). The summed E-state index contributed by atoms with van der Waals surface area (Å²) < 4.78 is 0.